The molecule has 0 spiro atoms. The van der Waals surface area contributed by atoms with Crippen LogP contribution >= 0.6 is 0 Å². The summed E-state index contributed by atoms with van der Waals surface area (Å²) in [6.45, 7) is 0.781. The molecule has 23 heavy (non-hydrogen) atoms. The van der Waals surface area contributed by atoms with E-state index < -0.39 is 0 Å². The van der Waals surface area contributed by atoms with Gasteiger partial charge in [-0.15, -0.1) is 0 Å². The number of ether oxygens (including phenoxy) is 2. The van der Waals surface area contributed by atoms with Crippen molar-refractivity contribution in [3.63, 3.8) is 0 Å². The van der Waals surface area contributed by atoms with E-state index in [1.165, 1.54) is 0 Å². The minimum absolute atomic E-state index is 0.209. The van der Waals surface area contributed by atoms with Crippen molar-refractivity contribution < 1.29 is 18.8 Å². The summed E-state index contributed by atoms with van der Waals surface area (Å²) in [4.78, 5) is 12.3. The lowest BCUT2D eigenvalue weighted by atomic mass is 9.96. The topological polar surface area (TPSA) is 73.6 Å². The SMILES string of the molecule is O=C(NC[C@@H]1COc2ccccc2O1)c1noc2c1CCCC2. The van der Waals surface area contributed by atoms with Gasteiger partial charge in [-0.1, -0.05) is 17.3 Å². The van der Waals surface area contributed by atoms with E-state index in [9.17, 15) is 4.79 Å². The van der Waals surface area contributed by atoms with E-state index in [0.29, 0.717) is 24.6 Å². The van der Waals surface area contributed by atoms with Crippen molar-refractivity contribution >= 4 is 5.91 Å². The molecule has 0 unspecified atom stereocenters. The number of rotatable bonds is 3. The van der Waals surface area contributed by atoms with Crippen LogP contribution in [0.15, 0.2) is 28.8 Å². The maximum atomic E-state index is 12.3. The zero-order chi connectivity index (χ0) is 15.6. The third kappa shape index (κ3) is 2.76. The normalized spacial score (nSPS) is 19.0. The molecule has 0 radical (unpaired) electrons. The van der Waals surface area contributed by atoms with Gasteiger partial charge in [-0.3, -0.25) is 4.79 Å². The summed E-state index contributed by atoms with van der Waals surface area (Å²) in [6, 6.07) is 7.52. The predicted molar refractivity (Wildman–Crippen MR) is 81.8 cm³/mol. The largest absolute Gasteiger partial charge is 0.486 e. The first kappa shape index (κ1) is 14.1. The Balaban J connectivity index is 1.38. The molecule has 6 nitrogen and oxygen atoms in total. The monoisotopic (exact) mass is 314 g/mol. The van der Waals surface area contributed by atoms with Gasteiger partial charge in [-0.05, 0) is 31.4 Å². The Hall–Kier alpha value is -2.50. The van der Waals surface area contributed by atoms with Crippen molar-refractivity contribution in [2.24, 2.45) is 0 Å². The summed E-state index contributed by atoms with van der Waals surface area (Å²) in [7, 11) is 0. The molecule has 120 valence electrons. The Morgan fingerprint density at radius 3 is 2.96 bits per heavy atom. The molecule has 1 atom stereocenters. The zero-order valence-corrected chi connectivity index (χ0v) is 12.7. The number of aromatic nitrogens is 1. The molecule has 0 fully saturated rings. The predicted octanol–water partition coefficient (Wildman–Crippen LogP) is 2.12. The van der Waals surface area contributed by atoms with Crippen molar-refractivity contribution in [1.82, 2.24) is 10.5 Å². The van der Waals surface area contributed by atoms with Crippen LogP contribution in [0.1, 0.15) is 34.7 Å². The van der Waals surface area contributed by atoms with Crippen molar-refractivity contribution in [3.05, 3.63) is 41.3 Å². The van der Waals surface area contributed by atoms with Crippen molar-refractivity contribution in [2.45, 2.75) is 31.8 Å². The van der Waals surface area contributed by atoms with Crippen molar-refractivity contribution in [3.8, 4) is 11.5 Å². The van der Waals surface area contributed by atoms with E-state index in [4.69, 9.17) is 14.0 Å². The molecule has 0 bridgehead atoms. The third-order valence-corrected chi connectivity index (χ3v) is 4.22. The highest BCUT2D eigenvalue weighted by atomic mass is 16.6. The maximum absolute atomic E-state index is 12.3. The Labute approximate surface area is 133 Å². The van der Waals surface area contributed by atoms with E-state index in [0.717, 1.165) is 42.8 Å². The highest BCUT2D eigenvalue weighted by Crippen LogP contribution is 2.30. The number of nitrogens with one attached hydrogen (secondary N) is 1. The highest BCUT2D eigenvalue weighted by Gasteiger charge is 2.26. The molecule has 2 aromatic rings. The Kier molecular flexibility index (Phi) is 3.65. The third-order valence-electron chi connectivity index (χ3n) is 4.22. The van der Waals surface area contributed by atoms with Crippen LogP contribution in [0.2, 0.25) is 0 Å². The van der Waals surface area contributed by atoms with E-state index in [-0.39, 0.29) is 12.0 Å². The fraction of sp³-hybridized carbons (Fsp3) is 0.412. The Morgan fingerprint density at radius 1 is 1.22 bits per heavy atom. The van der Waals surface area contributed by atoms with Gasteiger partial charge in [0.15, 0.2) is 17.2 Å². The number of benzene rings is 1. The first-order valence-corrected chi connectivity index (χ1v) is 7.95. The van der Waals surface area contributed by atoms with Crippen LogP contribution < -0.4 is 14.8 Å². The molecular weight excluding hydrogens is 296 g/mol. The Morgan fingerprint density at radius 2 is 2.04 bits per heavy atom. The van der Waals surface area contributed by atoms with Gasteiger partial charge < -0.3 is 19.3 Å². The molecule has 1 aromatic heterocycles. The van der Waals surface area contributed by atoms with Gasteiger partial charge in [0.2, 0.25) is 0 Å². The lowest BCUT2D eigenvalue weighted by molar-refractivity contribution is 0.0783. The second-order valence-corrected chi connectivity index (χ2v) is 5.85. The molecule has 0 saturated heterocycles. The second kappa shape index (κ2) is 5.95. The molecule has 1 aliphatic heterocycles. The summed E-state index contributed by atoms with van der Waals surface area (Å²) in [5.74, 6) is 2.09. The van der Waals surface area contributed by atoms with Gasteiger partial charge in [0.1, 0.15) is 18.5 Å². The molecular formula is C17H18N2O4. The summed E-state index contributed by atoms with van der Waals surface area (Å²) in [5, 5.41) is 6.81. The molecule has 0 saturated carbocycles. The molecule has 6 heteroatoms. The minimum atomic E-state index is -0.212. The van der Waals surface area contributed by atoms with E-state index in [1.54, 1.807) is 0 Å². The highest BCUT2D eigenvalue weighted by molar-refractivity contribution is 5.93. The number of carbonyl (C=O) groups is 1. The standard InChI is InChI=1S/C17H18N2O4/c20-17(16-12-5-1-2-6-13(12)23-19-16)18-9-11-10-21-14-7-3-4-8-15(14)22-11/h3-4,7-8,11H,1-2,5-6,9-10H2,(H,18,20)/t11-/m1/s1. The molecule has 4 rings (SSSR count). The van der Waals surface area contributed by atoms with Gasteiger partial charge in [0.25, 0.3) is 5.91 Å². The van der Waals surface area contributed by atoms with Crippen LogP contribution in [-0.2, 0) is 12.8 Å². The van der Waals surface area contributed by atoms with Crippen LogP contribution in [-0.4, -0.2) is 30.3 Å². The maximum Gasteiger partial charge on any atom is 0.273 e. The van der Waals surface area contributed by atoms with Gasteiger partial charge in [-0.25, -0.2) is 0 Å². The van der Waals surface area contributed by atoms with Crippen LogP contribution in [0.5, 0.6) is 11.5 Å². The van der Waals surface area contributed by atoms with Crippen LogP contribution in [0.3, 0.4) is 0 Å². The van der Waals surface area contributed by atoms with E-state index >= 15 is 0 Å². The van der Waals surface area contributed by atoms with Crippen molar-refractivity contribution in [1.29, 1.82) is 0 Å². The van der Waals surface area contributed by atoms with Gasteiger partial charge >= 0.3 is 0 Å². The molecule has 2 heterocycles. The second-order valence-electron chi connectivity index (χ2n) is 5.85. The quantitative estimate of drug-likeness (QED) is 0.939. The molecule has 1 amide bonds. The van der Waals surface area contributed by atoms with Crippen molar-refractivity contribution in [2.75, 3.05) is 13.2 Å². The van der Waals surface area contributed by atoms with Gasteiger partial charge in [0.05, 0.1) is 6.54 Å². The fourth-order valence-corrected chi connectivity index (χ4v) is 3.02. The summed E-state index contributed by atoms with van der Waals surface area (Å²) in [6.07, 6.45) is 3.68. The van der Waals surface area contributed by atoms with Crippen LogP contribution in [0.25, 0.3) is 0 Å². The number of para-hydroxylation sites is 2. The Bertz CT molecular complexity index is 725. The number of hydrogen-bond acceptors (Lipinski definition) is 5. The number of aryl methyl sites for hydroxylation is 1. The van der Waals surface area contributed by atoms with E-state index in [1.807, 2.05) is 24.3 Å². The van der Waals surface area contributed by atoms with Gasteiger partial charge in [-0.2, -0.15) is 0 Å². The summed E-state index contributed by atoms with van der Waals surface area (Å²) in [5.41, 5.74) is 1.37. The lowest BCUT2D eigenvalue weighted by Gasteiger charge is -2.26. The van der Waals surface area contributed by atoms with Crippen LogP contribution in [0, 0.1) is 0 Å². The average Bonchev–Trinajstić information content (AvgIpc) is 3.03. The zero-order valence-electron chi connectivity index (χ0n) is 12.7. The van der Waals surface area contributed by atoms with Gasteiger partial charge in [0, 0.05) is 12.0 Å². The molecule has 1 aliphatic carbocycles. The number of hydrogen-bond donors (Lipinski definition) is 1. The number of amides is 1. The molecule has 1 N–H and O–H groups in total. The minimum Gasteiger partial charge on any atom is -0.486 e. The summed E-state index contributed by atoms with van der Waals surface area (Å²) >= 11 is 0. The number of nitrogens with zero attached hydrogens (tertiary/aromatic N) is 1. The number of carbonyl (C=O) groups excluding carboxylic acids is 1. The molecule has 1 aromatic carbocycles. The smallest absolute Gasteiger partial charge is 0.273 e. The fourth-order valence-electron chi connectivity index (χ4n) is 3.02. The molecule has 2 aliphatic rings. The average molecular weight is 314 g/mol. The summed E-state index contributed by atoms with van der Waals surface area (Å²) < 4.78 is 16.7. The lowest BCUT2D eigenvalue weighted by Crippen LogP contribution is -2.41. The first-order valence-electron chi connectivity index (χ1n) is 7.95. The first-order chi connectivity index (χ1) is 11.3. The number of fused-ring (bicyclic) bond motifs is 2. The van der Waals surface area contributed by atoms with Crippen LogP contribution in [0.4, 0.5) is 0 Å². The van der Waals surface area contributed by atoms with E-state index in [2.05, 4.69) is 10.5 Å².